The number of hydrogen-bond acceptors (Lipinski definition) is 1. The fourth-order valence-corrected chi connectivity index (χ4v) is 2.18. The zero-order valence-electron chi connectivity index (χ0n) is 8.32. The maximum atomic E-state index is 11.5. The Bertz CT molecular complexity index is 400. The minimum Gasteiger partial charge on any atom is -0.334 e. The molecule has 0 bridgehead atoms. The summed E-state index contributed by atoms with van der Waals surface area (Å²) >= 11 is 2.31. The van der Waals surface area contributed by atoms with Gasteiger partial charge in [0, 0.05) is 16.7 Å². The van der Waals surface area contributed by atoms with E-state index in [1.807, 2.05) is 23.1 Å². The molecule has 1 aromatic rings. The molecule has 0 spiro atoms. The Labute approximate surface area is 103 Å². The predicted octanol–water partition coefficient (Wildman–Crippen LogP) is 2.58. The van der Waals surface area contributed by atoms with Gasteiger partial charge in [-0.2, -0.15) is 0 Å². The molecular weight excluding hydrogens is 301 g/mol. The van der Waals surface area contributed by atoms with Crippen molar-refractivity contribution in [2.75, 3.05) is 6.54 Å². The monoisotopic (exact) mass is 313 g/mol. The molecule has 0 saturated carbocycles. The molecule has 78 valence electrons. The zero-order chi connectivity index (χ0) is 10.7. The lowest BCUT2D eigenvalue weighted by molar-refractivity contribution is -0.127. The van der Waals surface area contributed by atoms with Crippen LogP contribution in [0.5, 0.6) is 0 Å². The molecule has 0 N–H and O–H groups in total. The third-order valence-corrected chi connectivity index (χ3v) is 3.51. The maximum Gasteiger partial charge on any atom is 0.246 e. The van der Waals surface area contributed by atoms with E-state index >= 15 is 0 Å². The average Bonchev–Trinajstić information content (AvgIpc) is 2.24. The highest BCUT2D eigenvalue weighted by Gasteiger charge is 2.14. The van der Waals surface area contributed by atoms with Crippen molar-refractivity contribution >= 4 is 28.5 Å². The van der Waals surface area contributed by atoms with Crippen molar-refractivity contribution in [3.63, 3.8) is 0 Å². The normalized spacial score (nSPS) is 15.8. The van der Waals surface area contributed by atoms with Crippen LogP contribution >= 0.6 is 22.6 Å². The number of nitrogens with zero attached hydrogens (tertiary/aromatic N) is 1. The molecule has 0 fully saturated rings. The second-order valence-electron chi connectivity index (χ2n) is 3.54. The Morgan fingerprint density at radius 3 is 2.87 bits per heavy atom. The largest absolute Gasteiger partial charge is 0.334 e. The van der Waals surface area contributed by atoms with Gasteiger partial charge in [-0.1, -0.05) is 24.3 Å². The van der Waals surface area contributed by atoms with Crippen molar-refractivity contribution < 1.29 is 4.79 Å². The lowest BCUT2D eigenvalue weighted by atomic mass is 10.2. The van der Waals surface area contributed by atoms with Gasteiger partial charge in [-0.25, -0.2) is 0 Å². The van der Waals surface area contributed by atoms with Crippen LogP contribution in [0.15, 0.2) is 36.4 Å². The molecule has 0 radical (unpaired) electrons. The molecule has 1 aliphatic heterocycles. The van der Waals surface area contributed by atoms with Gasteiger partial charge in [0.05, 0.1) is 0 Å². The van der Waals surface area contributed by atoms with Crippen molar-refractivity contribution in [1.82, 2.24) is 4.90 Å². The van der Waals surface area contributed by atoms with E-state index in [2.05, 4.69) is 34.7 Å². The van der Waals surface area contributed by atoms with Crippen molar-refractivity contribution in [3.05, 3.63) is 45.6 Å². The van der Waals surface area contributed by atoms with Gasteiger partial charge in [0.2, 0.25) is 5.91 Å². The summed E-state index contributed by atoms with van der Waals surface area (Å²) in [6.45, 7) is 1.56. The molecule has 1 amide bonds. The summed E-state index contributed by atoms with van der Waals surface area (Å²) in [7, 11) is 0. The van der Waals surface area contributed by atoms with Gasteiger partial charge in [-0.15, -0.1) is 0 Å². The Kier molecular flexibility index (Phi) is 3.41. The van der Waals surface area contributed by atoms with E-state index < -0.39 is 0 Å². The Morgan fingerprint density at radius 2 is 2.13 bits per heavy atom. The van der Waals surface area contributed by atoms with E-state index in [0.29, 0.717) is 0 Å². The molecule has 2 nitrogen and oxygen atoms in total. The third-order valence-electron chi connectivity index (χ3n) is 2.46. The highest BCUT2D eigenvalue weighted by atomic mass is 127. The van der Waals surface area contributed by atoms with Gasteiger partial charge in [-0.05, 0) is 46.7 Å². The van der Waals surface area contributed by atoms with Gasteiger partial charge >= 0.3 is 0 Å². The van der Waals surface area contributed by atoms with Crippen LogP contribution in [0, 0.1) is 3.57 Å². The smallest absolute Gasteiger partial charge is 0.246 e. The first-order chi connectivity index (χ1) is 7.27. The second kappa shape index (κ2) is 4.79. The highest BCUT2D eigenvalue weighted by Crippen LogP contribution is 2.15. The van der Waals surface area contributed by atoms with Crippen molar-refractivity contribution in [2.45, 2.75) is 13.0 Å². The number of carbonyl (C=O) groups excluding carboxylic acids is 1. The van der Waals surface area contributed by atoms with Crippen LogP contribution in [0.3, 0.4) is 0 Å². The topological polar surface area (TPSA) is 20.3 Å². The fraction of sp³-hybridized carbons (Fsp3) is 0.250. The number of carbonyl (C=O) groups is 1. The minimum atomic E-state index is 0.126. The van der Waals surface area contributed by atoms with Gasteiger partial charge in [0.15, 0.2) is 0 Å². The predicted molar refractivity (Wildman–Crippen MR) is 68.3 cm³/mol. The SMILES string of the molecule is O=C1C=CCCN1Cc1ccccc1I. The fourth-order valence-electron chi connectivity index (χ4n) is 1.62. The van der Waals surface area contributed by atoms with Crippen LogP contribution in [0.25, 0.3) is 0 Å². The standard InChI is InChI=1S/C12H12INO/c13-11-6-2-1-5-10(11)9-14-8-4-3-7-12(14)15/h1-3,5-7H,4,8-9H2. The Morgan fingerprint density at radius 1 is 1.33 bits per heavy atom. The van der Waals surface area contributed by atoms with Crippen LogP contribution < -0.4 is 0 Å². The molecule has 3 heteroatoms. The minimum absolute atomic E-state index is 0.126. The maximum absolute atomic E-state index is 11.5. The van der Waals surface area contributed by atoms with Crippen LogP contribution in [-0.4, -0.2) is 17.4 Å². The quantitative estimate of drug-likeness (QED) is 0.769. The van der Waals surface area contributed by atoms with Crippen LogP contribution in [-0.2, 0) is 11.3 Å². The van der Waals surface area contributed by atoms with Crippen molar-refractivity contribution in [2.24, 2.45) is 0 Å². The van der Waals surface area contributed by atoms with Gasteiger partial charge in [0.25, 0.3) is 0 Å². The number of halogens is 1. The van der Waals surface area contributed by atoms with Crippen LogP contribution in [0.2, 0.25) is 0 Å². The van der Waals surface area contributed by atoms with Crippen LogP contribution in [0.1, 0.15) is 12.0 Å². The summed E-state index contributed by atoms with van der Waals surface area (Å²) in [5.41, 5.74) is 1.22. The number of hydrogen-bond donors (Lipinski definition) is 0. The van der Waals surface area contributed by atoms with E-state index in [1.54, 1.807) is 6.08 Å². The summed E-state index contributed by atoms with van der Waals surface area (Å²) in [4.78, 5) is 13.4. The highest BCUT2D eigenvalue weighted by molar-refractivity contribution is 14.1. The summed E-state index contributed by atoms with van der Waals surface area (Å²) in [5, 5.41) is 0. The van der Waals surface area contributed by atoms with Gasteiger partial charge < -0.3 is 4.90 Å². The molecule has 1 heterocycles. The second-order valence-corrected chi connectivity index (χ2v) is 4.70. The molecule has 0 saturated heterocycles. The number of amides is 1. The van der Waals surface area contributed by atoms with E-state index in [1.165, 1.54) is 9.13 Å². The van der Waals surface area contributed by atoms with Gasteiger partial charge in [-0.3, -0.25) is 4.79 Å². The Hall–Kier alpha value is -0.840. The molecule has 0 unspecified atom stereocenters. The molecule has 0 aliphatic carbocycles. The summed E-state index contributed by atoms with van der Waals surface area (Å²) in [6.07, 6.45) is 4.57. The Balaban J connectivity index is 2.12. The summed E-state index contributed by atoms with van der Waals surface area (Å²) in [6, 6.07) is 8.18. The molecule has 1 aromatic carbocycles. The summed E-state index contributed by atoms with van der Waals surface area (Å²) < 4.78 is 1.22. The van der Waals surface area contributed by atoms with Crippen molar-refractivity contribution in [1.29, 1.82) is 0 Å². The lowest BCUT2D eigenvalue weighted by Crippen LogP contribution is -2.32. The van der Waals surface area contributed by atoms with Gasteiger partial charge in [0.1, 0.15) is 0 Å². The molecular formula is C12H12INO. The molecule has 2 rings (SSSR count). The lowest BCUT2D eigenvalue weighted by Gasteiger charge is -2.23. The molecule has 15 heavy (non-hydrogen) atoms. The van der Waals surface area contributed by atoms with E-state index in [-0.39, 0.29) is 5.91 Å². The number of rotatable bonds is 2. The third kappa shape index (κ3) is 2.59. The molecule has 1 aliphatic rings. The number of benzene rings is 1. The van der Waals surface area contributed by atoms with E-state index in [0.717, 1.165) is 19.5 Å². The summed E-state index contributed by atoms with van der Waals surface area (Å²) in [5.74, 6) is 0.126. The first-order valence-corrected chi connectivity index (χ1v) is 6.04. The molecule has 0 atom stereocenters. The first kappa shape index (κ1) is 10.7. The van der Waals surface area contributed by atoms with Crippen LogP contribution in [0.4, 0.5) is 0 Å². The zero-order valence-corrected chi connectivity index (χ0v) is 10.5. The average molecular weight is 313 g/mol. The van der Waals surface area contributed by atoms with E-state index in [9.17, 15) is 4.79 Å². The first-order valence-electron chi connectivity index (χ1n) is 4.96. The van der Waals surface area contributed by atoms with Crippen molar-refractivity contribution in [3.8, 4) is 0 Å². The van der Waals surface area contributed by atoms with E-state index in [4.69, 9.17) is 0 Å². The molecule has 0 aromatic heterocycles.